The molecular weight excluding hydrogens is 366 g/mol. The Balaban J connectivity index is 1.69. The maximum absolute atomic E-state index is 12.2. The molecule has 0 radical (unpaired) electrons. The predicted octanol–water partition coefficient (Wildman–Crippen LogP) is 3.44. The Morgan fingerprint density at radius 3 is 2.41 bits per heavy atom. The number of carbonyl (C=O) groups excluding carboxylic acids is 1. The smallest absolute Gasteiger partial charge is 0.323 e. The van der Waals surface area contributed by atoms with Crippen molar-refractivity contribution in [3.05, 3.63) is 48.0 Å². The van der Waals surface area contributed by atoms with E-state index in [1.54, 1.807) is 43.3 Å². The molecule has 0 unspecified atom stereocenters. The van der Waals surface area contributed by atoms with Crippen LogP contribution in [0.3, 0.4) is 0 Å². The SMILES string of the molecule is CCOc1ccc(NC(=O)Nc2ccc3c(c2)N(S(=O)(=O)CC)CC3)cc1. The number of sulfonamides is 1. The first-order chi connectivity index (χ1) is 12.9. The molecular formula is C19H23N3O4S. The molecule has 1 aliphatic rings. The first kappa shape index (κ1) is 19.0. The highest BCUT2D eigenvalue weighted by Crippen LogP contribution is 2.33. The van der Waals surface area contributed by atoms with E-state index >= 15 is 0 Å². The molecule has 0 fully saturated rings. The summed E-state index contributed by atoms with van der Waals surface area (Å²) in [5, 5.41) is 5.49. The van der Waals surface area contributed by atoms with Crippen LogP contribution in [0.1, 0.15) is 19.4 Å². The van der Waals surface area contributed by atoms with Crippen molar-refractivity contribution in [2.24, 2.45) is 0 Å². The number of benzene rings is 2. The van der Waals surface area contributed by atoms with Gasteiger partial charge in [0.25, 0.3) is 0 Å². The predicted molar refractivity (Wildman–Crippen MR) is 107 cm³/mol. The lowest BCUT2D eigenvalue weighted by molar-refractivity contribution is 0.262. The molecule has 1 aliphatic heterocycles. The molecule has 0 saturated carbocycles. The zero-order chi connectivity index (χ0) is 19.4. The highest BCUT2D eigenvalue weighted by atomic mass is 32.2. The summed E-state index contributed by atoms with van der Waals surface area (Å²) in [6.07, 6.45) is 0.674. The van der Waals surface area contributed by atoms with Crippen LogP contribution in [0.4, 0.5) is 21.9 Å². The zero-order valence-corrected chi connectivity index (χ0v) is 16.2. The third kappa shape index (κ3) is 4.33. The number of ether oxygens (including phenoxy) is 1. The van der Waals surface area contributed by atoms with E-state index in [1.165, 1.54) is 4.31 Å². The van der Waals surface area contributed by atoms with Crippen LogP contribution in [0.2, 0.25) is 0 Å². The normalized spacial score (nSPS) is 13.2. The van der Waals surface area contributed by atoms with Gasteiger partial charge in [0.05, 0.1) is 18.0 Å². The molecule has 0 atom stereocenters. The number of fused-ring (bicyclic) bond motifs is 1. The lowest BCUT2D eigenvalue weighted by Gasteiger charge is -2.19. The van der Waals surface area contributed by atoms with Crippen molar-refractivity contribution in [2.45, 2.75) is 20.3 Å². The maximum atomic E-state index is 12.2. The Hall–Kier alpha value is -2.74. The average Bonchev–Trinajstić information content (AvgIpc) is 3.07. The van der Waals surface area contributed by atoms with Crippen LogP contribution in [0.25, 0.3) is 0 Å². The molecule has 1 heterocycles. The summed E-state index contributed by atoms with van der Waals surface area (Å²) in [5.41, 5.74) is 2.77. The molecule has 27 heavy (non-hydrogen) atoms. The number of hydrogen-bond acceptors (Lipinski definition) is 4. The highest BCUT2D eigenvalue weighted by Gasteiger charge is 2.28. The lowest BCUT2D eigenvalue weighted by atomic mass is 10.1. The van der Waals surface area contributed by atoms with E-state index in [-0.39, 0.29) is 5.75 Å². The number of anilines is 3. The van der Waals surface area contributed by atoms with Crippen LogP contribution in [0.5, 0.6) is 5.75 Å². The zero-order valence-electron chi connectivity index (χ0n) is 15.4. The largest absolute Gasteiger partial charge is 0.494 e. The van der Waals surface area contributed by atoms with Gasteiger partial charge in [0.15, 0.2) is 0 Å². The van der Waals surface area contributed by atoms with Crippen molar-refractivity contribution in [1.82, 2.24) is 0 Å². The Labute approximate surface area is 159 Å². The Kier molecular flexibility index (Phi) is 5.55. The maximum Gasteiger partial charge on any atom is 0.323 e. The molecule has 2 amide bonds. The fourth-order valence-electron chi connectivity index (χ4n) is 2.97. The van der Waals surface area contributed by atoms with E-state index in [4.69, 9.17) is 4.74 Å². The quantitative estimate of drug-likeness (QED) is 0.792. The highest BCUT2D eigenvalue weighted by molar-refractivity contribution is 7.92. The van der Waals surface area contributed by atoms with E-state index in [0.29, 0.717) is 36.6 Å². The van der Waals surface area contributed by atoms with E-state index in [9.17, 15) is 13.2 Å². The van der Waals surface area contributed by atoms with E-state index in [0.717, 1.165) is 11.3 Å². The van der Waals surface area contributed by atoms with Gasteiger partial charge in [-0.15, -0.1) is 0 Å². The van der Waals surface area contributed by atoms with Gasteiger partial charge >= 0.3 is 6.03 Å². The second-order valence-corrected chi connectivity index (χ2v) is 8.28. The van der Waals surface area contributed by atoms with Crippen molar-refractivity contribution >= 4 is 33.1 Å². The van der Waals surface area contributed by atoms with Crippen molar-refractivity contribution in [3.63, 3.8) is 0 Å². The molecule has 8 heteroatoms. The molecule has 3 rings (SSSR count). The first-order valence-electron chi connectivity index (χ1n) is 8.87. The lowest BCUT2D eigenvalue weighted by Crippen LogP contribution is -2.30. The molecule has 2 N–H and O–H groups in total. The van der Waals surface area contributed by atoms with Crippen molar-refractivity contribution in [3.8, 4) is 5.75 Å². The molecule has 0 aromatic heterocycles. The fourth-order valence-corrected chi connectivity index (χ4v) is 4.12. The molecule has 7 nitrogen and oxygen atoms in total. The van der Waals surface area contributed by atoms with Gasteiger partial charge in [-0.1, -0.05) is 6.07 Å². The van der Waals surface area contributed by atoms with Crippen molar-refractivity contribution in [2.75, 3.05) is 33.8 Å². The summed E-state index contributed by atoms with van der Waals surface area (Å²) in [4.78, 5) is 12.2. The monoisotopic (exact) mass is 389 g/mol. The van der Waals surface area contributed by atoms with Gasteiger partial charge < -0.3 is 15.4 Å². The topological polar surface area (TPSA) is 87.7 Å². The number of urea groups is 1. The molecule has 0 spiro atoms. The summed E-state index contributed by atoms with van der Waals surface area (Å²) in [6.45, 7) is 4.55. The van der Waals surface area contributed by atoms with Crippen molar-refractivity contribution < 1.29 is 17.9 Å². The molecule has 0 aliphatic carbocycles. The van der Waals surface area contributed by atoms with Gasteiger partial charge in [0, 0.05) is 17.9 Å². The van der Waals surface area contributed by atoms with Gasteiger partial charge in [-0.3, -0.25) is 4.31 Å². The standard InChI is InChI=1S/C19H23N3O4S/c1-3-26-17-9-7-15(8-10-17)20-19(23)21-16-6-5-14-11-12-22(18(14)13-16)27(24,25)4-2/h5-10,13H,3-4,11-12H2,1-2H3,(H2,20,21,23). The molecule has 2 aromatic rings. The minimum atomic E-state index is -3.32. The van der Waals surface area contributed by atoms with Crippen LogP contribution in [-0.4, -0.2) is 33.4 Å². The third-order valence-electron chi connectivity index (χ3n) is 4.32. The number of nitrogens with one attached hydrogen (secondary N) is 2. The Bertz CT molecular complexity index is 926. The molecule has 144 valence electrons. The third-order valence-corrected chi connectivity index (χ3v) is 6.10. The van der Waals surface area contributed by atoms with Gasteiger partial charge in [-0.25, -0.2) is 13.2 Å². The number of carbonyl (C=O) groups is 1. The van der Waals surface area contributed by atoms with Gasteiger partial charge in [-0.05, 0) is 62.2 Å². The van der Waals surface area contributed by atoms with Crippen LogP contribution < -0.4 is 19.7 Å². The van der Waals surface area contributed by atoms with Crippen LogP contribution in [-0.2, 0) is 16.4 Å². The van der Waals surface area contributed by atoms with Gasteiger partial charge in [-0.2, -0.15) is 0 Å². The summed E-state index contributed by atoms with van der Waals surface area (Å²) < 4.78 is 31.2. The van der Waals surface area contributed by atoms with Crippen molar-refractivity contribution in [1.29, 1.82) is 0 Å². The average molecular weight is 389 g/mol. The van der Waals surface area contributed by atoms with Crippen LogP contribution >= 0.6 is 0 Å². The Morgan fingerprint density at radius 1 is 1.07 bits per heavy atom. The van der Waals surface area contributed by atoms with Gasteiger partial charge in [0.2, 0.25) is 10.0 Å². The summed E-state index contributed by atoms with van der Waals surface area (Å²) in [7, 11) is -3.32. The summed E-state index contributed by atoms with van der Waals surface area (Å²) in [6, 6.07) is 12.0. The summed E-state index contributed by atoms with van der Waals surface area (Å²) >= 11 is 0. The second kappa shape index (κ2) is 7.87. The number of amides is 2. The molecule has 0 saturated heterocycles. The number of hydrogen-bond donors (Lipinski definition) is 2. The fraction of sp³-hybridized carbons (Fsp3) is 0.316. The molecule has 0 bridgehead atoms. The number of rotatable bonds is 6. The summed E-state index contributed by atoms with van der Waals surface area (Å²) in [5.74, 6) is 0.779. The van der Waals surface area contributed by atoms with Gasteiger partial charge in [0.1, 0.15) is 5.75 Å². The van der Waals surface area contributed by atoms with Crippen LogP contribution in [0.15, 0.2) is 42.5 Å². The first-order valence-corrected chi connectivity index (χ1v) is 10.5. The van der Waals surface area contributed by atoms with E-state index in [2.05, 4.69) is 10.6 Å². The Morgan fingerprint density at radius 2 is 1.74 bits per heavy atom. The minimum Gasteiger partial charge on any atom is -0.494 e. The second-order valence-electron chi connectivity index (χ2n) is 6.10. The molecule has 2 aromatic carbocycles. The van der Waals surface area contributed by atoms with E-state index < -0.39 is 16.1 Å². The minimum absolute atomic E-state index is 0.0440. The number of nitrogens with zero attached hydrogens (tertiary/aromatic N) is 1. The van der Waals surface area contributed by atoms with E-state index in [1.807, 2.05) is 13.0 Å². The van der Waals surface area contributed by atoms with Crippen LogP contribution in [0, 0.1) is 0 Å².